The maximum Gasteiger partial charge on any atom is 0.231 e. The van der Waals surface area contributed by atoms with E-state index >= 15 is 0 Å². The molecule has 0 radical (unpaired) electrons. The Balaban J connectivity index is 1.47. The summed E-state index contributed by atoms with van der Waals surface area (Å²) in [5.74, 6) is 0.183. The van der Waals surface area contributed by atoms with Crippen LogP contribution in [0.1, 0.15) is 18.4 Å². The van der Waals surface area contributed by atoms with Gasteiger partial charge in [-0.1, -0.05) is 42.5 Å². The van der Waals surface area contributed by atoms with Crippen LogP contribution in [0.4, 0.5) is 11.4 Å². The lowest BCUT2D eigenvalue weighted by atomic mass is 10.1. The molecule has 4 heteroatoms. The number of nitrogens with zero attached hydrogens (tertiary/aromatic N) is 3. The minimum Gasteiger partial charge on any atom is -0.367 e. The van der Waals surface area contributed by atoms with Gasteiger partial charge in [-0.3, -0.25) is 4.79 Å². The summed E-state index contributed by atoms with van der Waals surface area (Å²) in [6, 6.07) is 18.4. The van der Waals surface area contributed by atoms with Crippen LogP contribution in [-0.2, 0) is 11.2 Å². The highest BCUT2D eigenvalue weighted by Crippen LogP contribution is 2.33. The Morgan fingerprint density at radius 1 is 0.769 bits per heavy atom. The number of carbonyl (C=O) groups excluding carboxylic acids is 1. The summed E-state index contributed by atoms with van der Waals surface area (Å²) in [6.07, 6.45) is 3.12. The van der Waals surface area contributed by atoms with Gasteiger partial charge in [0.2, 0.25) is 5.91 Å². The number of anilines is 2. The molecule has 136 valence electrons. The van der Waals surface area contributed by atoms with Gasteiger partial charge in [-0.25, -0.2) is 0 Å². The Morgan fingerprint density at radius 2 is 1.46 bits per heavy atom. The first-order valence-corrected chi connectivity index (χ1v) is 9.72. The zero-order chi connectivity index (χ0) is 17.8. The molecule has 2 heterocycles. The first-order valence-electron chi connectivity index (χ1n) is 9.72. The summed E-state index contributed by atoms with van der Waals surface area (Å²) in [5.41, 5.74) is 3.33. The summed E-state index contributed by atoms with van der Waals surface area (Å²) >= 11 is 0. The molecular formula is C22H27N3O. The molecule has 0 saturated carbocycles. The van der Waals surface area contributed by atoms with Gasteiger partial charge in [0.1, 0.15) is 0 Å². The van der Waals surface area contributed by atoms with E-state index in [1.54, 1.807) is 0 Å². The number of rotatable bonds is 5. The molecule has 2 aromatic carbocycles. The highest BCUT2D eigenvalue weighted by atomic mass is 16.2. The van der Waals surface area contributed by atoms with Crippen LogP contribution in [0.5, 0.6) is 0 Å². The first-order chi connectivity index (χ1) is 12.8. The van der Waals surface area contributed by atoms with Crippen LogP contribution in [-0.4, -0.2) is 50.1 Å². The van der Waals surface area contributed by atoms with Gasteiger partial charge in [0.05, 0.1) is 17.8 Å². The third-order valence-corrected chi connectivity index (χ3v) is 5.49. The van der Waals surface area contributed by atoms with Crippen molar-refractivity contribution in [1.29, 1.82) is 0 Å². The first kappa shape index (κ1) is 17.1. The number of para-hydroxylation sites is 2. The summed E-state index contributed by atoms with van der Waals surface area (Å²) in [6.45, 7) is 6.30. The van der Waals surface area contributed by atoms with E-state index in [1.165, 1.54) is 31.6 Å². The van der Waals surface area contributed by atoms with Gasteiger partial charge in [0.15, 0.2) is 0 Å². The zero-order valence-electron chi connectivity index (χ0n) is 15.3. The normalized spacial score (nSPS) is 17.4. The van der Waals surface area contributed by atoms with Gasteiger partial charge >= 0.3 is 0 Å². The lowest BCUT2D eigenvalue weighted by Crippen LogP contribution is -2.46. The van der Waals surface area contributed by atoms with Crippen LogP contribution in [0.15, 0.2) is 54.6 Å². The minimum absolute atomic E-state index is 0.183. The SMILES string of the molecule is O=C(Cc1ccccc1)N1CCN(CCN2CCCC2)c2ccccc21. The van der Waals surface area contributed by atoms with Crippen molar-refractivity contribution in [2.75, 3.05) is 49.1 Å². The number of fused-ring (bicyclic) bond motifs is 1. The number of amides is 1. The average Bonchev–Trinajstić information content (AvgIpc) is 3.20. The van der Waals surface area contributed by atoms with Gasteiger partial charge < -0.3 is 14.7 Å². The maximum atomic E-state index is 12.9. The molecular weight excluding hydrogens is 322 g/mol. The van der Waals surface area contributed by atoms with Crippen molar-refractivity contribution in [1.82, 2.24) is 4.90 Å². The smallest absolute Gasteiger partial charge is 0.231 e. The second-order valence-electron chi connectivity index (χ2n) is 7.23. The molecule has 0 atom stereocenters. The van der Waals surface area contributed by atoms with Crippen LogP contribution >= 0.6 is 0 Å². The molecule has 4 nitrogen and oxygen atoms in total. The van der Waals surface area contributed by atoms with Gasteiger partial charge in [-0.2, -0.15) is 0 Å². The summed E-state index contributed by atoms with van der Waals surface area (Å²) in [5, 5.41) is 0. The van der Waals surface area contributed by atoms with Crippen LogP contribution in [0, 0.1) is 0 Å². The zero-order valence-corrected chi connectivity index (χ0v) is 15.3. The van der Waals surface area contributed by atoms with Crippen molar-refractivity contribution in [3.63, 3.8) is 0 Å². The third kappa shape index (κ3) is 3.75. The molecule has 2 aliphatic rings. The topological polar surface area (TPSA) is 26.8 Å². The van der Waals surface area contributed by atoms with Crippen molar-refractivity contribution in [3.05, 3.63) is 60.2 Å². The number of benzene rings is 2. The van der Waals surface area contributed by atoms with E-state index in [9.17, 15) is 4.79 Å². The molecule has 26 heavy (non-hydrogen) atoms. The number of hydrogen-bond acceptors (Lipinski definition) is 3. The minimum atomic E-state index is 0.183. The maximum absolute atomic E-state index is 12.9. The molecule has 0 N–H and O–H groups in total. The molecule has 1 amide bonds. The molecule has 4 rings (SSSR count). The fourth-order valence-corrected chi connectivity index (χ4v) is 4.05. The molecule has 2 aliphatic heterocycles. The highest BCUT2D eigenvalue weighted by Gasteiger charge is 2.26. The van der Waals surface area contributed by atoms with Gasteiger partial charge in [-0.05, 0) is 43.6 Å². The monoisotopic (exact) mass is 349 g/mol. The number of carbonyl (C=O) groups is 1. The van der Waals surface area contributed by atoms with E-state index in [-0.39, 0.29) is 5.91 Å². The molecule has 0 aromatic heterocycles. The Labute approximate surface area is 156 Å². The highest BCUT2D eigenvalue weighted by molar-refractivity contribution is 5.98. The van der Waals surface area contributed by atoms with E-state index in [4.69, 9.17) is 0 Å². The Morgan fingerprint density at radius 3 is 2.23 bits per heavy atom. The van der Waals surface area contributed by atoms with Crippen molar-refractivity contribution in [2.24, 2.45) is 0 Å². The second-order valence-corrected chi connectivity index (χ2v) is 7.23. The molecule has 1 fully saturated rings. The number of likely N-dealkylation sites (tertiary alicyclic amines) is 1. The van der Waals surface area contributed by atoms with E-state index < -0.39 is 0 Å². The van der Waals surface area contributed by atoms with E-state index in [2.05, 4.69) is 28.0 Å². The van der Waals surface area contributed by atoms with Crippen LogP contribution in [0.3, 0.4) is 0 Å². The van der Waals surface area contributed by atoms with Crippen molar-refractivity contribution in [3.8, 4) is 0 Å². The molecule has 0 bridgehead atoms. The summed E-state index contributed by atoms with van der Waals surface area (Å²) in [7, 11) is 0. The molecule has 0 spiro atoms. The summed E-state index contributed by atoms with van der Waals surface area (Å²) < 4.78 is 0. The lowest BCUT2D eigenvalue weighted by molar-refractivity contribution is -0.118. The molecule has 0 aliphatic carbocycles. The van der Waals surface area contributed by atoms with E-state index in [0.717, 1.165) is 37.4 Å². The lowest BCUT2D eigenvalue weighted by Gasteiger charge is -2.38. The third-order valence-electron chi connectivity index (χ3n) is 5.49. The van der Waals surface area contributed by atoms with Crippen molar-refractivity contribution >= 4 is 17.3 Å². The van der Waals surface area contributed by atoms with Crippen LogP contribution in [0.2, 0.25) is 0 Å². The fraction of sp³-hybridized carbons (Fsp3) is 0.409. The fourth-order valence-electron chi connectivity index (χ4n) is 4.05. The molecule has 2 aromatic rings. The van der Waals surface area contributed by atoms with Crippen molar-refractivity contribution < 1.29 is 4.79 Å². The van der Waals surface area contributed by atoms with Crippen LogP contribution in [0.25, 0.3) is 0 Å². The van der Waals surface area contributed by atoms with Gasteiger partial charge in [-0.15, -0.1) is 0 Å². The Hall–Kier alpha value is -2.33. The molecule has 0 unspecified atom stereocenters. The van der Waals surface area contributed by atoms with E-state index in [1.807, 2.05) is 41.3 Å². The predicted molar refractivity (Wildman–Crippen MR) is 107 cm³/mol. The second kappa shape index (κ2) is 7.92. The predicted octanol–water partition coefficient (Wildman–Crippen LogP) is 3.18. The number of hydrogen-bond donors (Lipinski definition) is 0. The van der Waals surface area contributed by atoms with Gasteiger partial charge in [0, 0.05) is 26.2 Å². The van der Waals surface area contributed by atoms with Crippen molar-refractivity contribution in [2.45, 2.75) is 19.3 Å². The average molecular weight is 349 g/mol. The Kier molecular flexibility index (Phi) is 5.21. The van der Waals surface area contributed by atoms with Gasteiger partial charge in [0.25, 0.3) is 0 Å². The Bertz CT molecular complexity index is 740. The van der Waals surface area contributed by atoms with Crippen LogP contribution < -0.4 is 9.80 Å². The summed E-state index contributed by atoms with van der Waals surface area (Å²) in [4.78, 5) is 19.9. The largest absolute Gasteiger partial charge is 0.367 e. The quantitative estimate of drug-likeness (QED) is 0.829. The van der Waals surface area contributed by atoms with E-state index in [0.29, 0.717) is 6.42 Å². The molecule has 1 saturated heterocycles. The standard InChI is InChI=1S/C22H27N3O/c26-22(18-19-8-2-1-3-9-19)25-17-16-24(15-14-23-12-6-7-13-23)20-10-4-5-11-21(20)25/h1-5,8-11H,6-7,12-18H2.